The lowest BCUT2D eigenvalue weighted by Crippen LogP contribution is -2.25. The lowest BCUT2D eigenvalue weighted by atomic mass is 10.0. The van der Waals surface area contributed by atoms with Gasteiger partial charge in [0.05, 0.1) is 0 Å². The van der Waals surface area contributed by atoms with Gasteiger partial charge in [-0.05, 0) is 55.2 Å². The van der Waals surface area contributed by atoms with Crippen LogP contribution in [0, 0.1) is 12.3 Å². The normalized spacial score (nSPS) is 15.5. The molecule has 0 bridgehead atoms. The molecule has 0 amide bonds. The SMILES string of the molecule is Cc1ccc(C(=O)C(I)n2c3c(sc2=N)CCCC3)cc1. The fraction of sp³-hybridized carbons (Fsp3) is 0.375. The average molecular weight is 412 g/mol. The second-order valence-electron chi connectivity index (χ2n) is 5.42. The number of thiazole rings is 1. The Morgan fingerprint density at radius 1 is 1.29 bits per heavy atom. The minimum Gasteiger partial charge on any atom is -0.301 e. The number of alkyl halides is 1. The van der Waals surface area contributed by atoms with E-state index in [1.165, 1.54) is 28.3 Å². The van der Waals surface area contributed by atoms with Gasteiger partial charge in [-0.3, -0.25) is 10.2 Å². The molecular weight excluding hydrogens is 395 g/mol. The average Bonchev–Trinajstić information content (AvgIpc) is 2.82. The zero-order chi connectivity index (χ0) is 15.0. The first-order valence-electron chi connectivity index (χ1n) is 7.10. The number of Topliss-reactive ketones (excluding diaryl/α,β-unsaturated/α-hetero) is 1. The predicted molar refractivity (Wildman–Crippen MR) is 93.4 cm³/mol. The van der Waals surface area contributed by atoms with Crippen LogP contribution in [0.25, 0.3) is 0 Å². The van der Waals surface area contributed by atoms with Gasteiger partial charge < -0.3 is 4.57 Å². The molecule has 110 valence electrons. The molecule has 1 aromatic heterocycles. The van der Waals surface area contributed by atoms with E-state index in [2.05, 4.69) is 22.6 Å². The summed E-state index contributed by atoms with van der Waals surface area (Å²) in [5.74, 6) is 0.0836. The van der Waals surface area contributed by atoms with E-state index >= 15 is 0 Å². The zero-order valence-electron chi connectivity index (χ0n) is 11.9. The molecule has 1 aromatic carbocycles. The van der Waals surface area contributed by atoms with E-state index in [1.807, 2.05) is 35.8 Å². The number of aryl methyl sites for hydroxylation is 2. The quantitative estimate of drug-likeness (QED) is 0.462. The van der Waals surface area contributed by atoms with E-state index in [0.29, 0.717) is 4.80 Å². The summed E-state index contributed by atoms with van der Waals surface area (Å²) >= 11 is 3.71. The molecule has 0 saturated carbocycles. The van der Waals surface area contributed by atoms with E-state index in [1.54, 1.807) is 0 Å². The van der Waals surface area contributed by atoms with Crippen LogP contribution in [0.3, 0.4) is 0 Å². The molecule has 1 unspecified atom stereocenters. The maximum Gasteiger partial charge on any atom is 0.195 e. The molecule has 5 heteroatoms. The number of halogens is 1. The molecule has 0 radical (unpaired) electrons. The smallest absolute Gasteiger partial charge is 0.195 e. The van der Waals surface area contributed by atoms with Crippen molar-refractivity contribution in [2.24, 2.45) is 0 Å². The largest absolute Gasteiger partial charge is 0.301 e. The fourth-order valence-electron chi connectivity index (χ4n) is 2.73. The minimum absolute atomic E-state index is 0.0836. The molecule has 21 heavy (non-hydrogen) atoms. The number of fused-ring (bicyclic) bond motifs is 1. The molecule has 1 atom stereocenters. The Bertz CT molecular complexity index is 730. The number of nitrogens with zero attached hydrogens (tertiary/aromatic N) is 1. The van der Waals surface area contributed by atoms with Crippen LogP contribution < -0.4 is 4.80 Å². The summed E-state index contributed by atoms with van der Waals surface area (Å²) in [5.41, 5.74) is 3.08. The molecule has 3 rings (SSSR count). The van der Waals surface area contributed by atoms with Crippen LogP contribution >= 0.6 is 33.9 Å². The van der Waals surface area contributed by atoms with Gasteiger partial charge in [-0.15, -0.1) is 11.3 Å². The van der Waals surface area contributed by atoms with Gasteiger partial charge in [0, 0.05) is 16.1 Å². The first-order valence-corrected chi connectivity index (χ1v) is 9.17. The Labute approximate surface area is 141 Å². The second-order valence-corrected chi connectivity index (χ2v) is 7.68. The van der Waals surface area contributed by atoms with Gasteiger partial charge in [0.1, 0.15) is 0 Å². The Hall–Kier alpha value is -0.950. The zero-order valence-corrected chi connectivity index (χ0v) is 14.8. The Kier molecular flexibility index (Phi) is 4.31. The van der Waals surface area contributed by atoms with Crippen molar-refractivity contribution < 1.29 is 4.79 Å². The van der Waals surface area contributed by atoms with Gasteiger partial charge in [-0.2, -0.15) is 0 Å². The molecule has 0 aliphatic heterocycles. The summed E-state index contributed by atoms with van der Waals surface area (Å²) in [5, 5.41) is 8.21. The predicted octanol–water partition coefficient (Wildman–Crippen LogP) is 4.03. The standard InChI is InChI=1S/C16H17IN2OS/c1-10-6-8-11(9-7-10)14(20)15(17)19-12-4-2-3-5-13(12)21-16(19)18/h6-9,15,18H,2-5H2,1H3. The van der Waals surface area contributed by atoms with Crippen LogP contribution in [0.4, 0.5) is 0 Å². The summed E-state index contributed by atoms with van der Waals surface area (Å²) in [6.07, 6.45) is 4.41. The first-order chi connectivity index (χ1) is 10.1. The third-order valence-corrected chi connectivity index (χ3v) is 6.10. The Morgan fingerprint density at radius 3 is 2.67 bits per heavy atom. The molecule has 1 aliphatic rings. The highest BCUT2D eigenvalue weighted by Crippen LogP contribution is 2.29. The summed E-state index contributed by atoms with van der Waals surface area (Å²) in [4.78, 5) is 14.5. The molecule has 1 heterocycles. The highest BCUT2D eigenvalue weighted by atomic mass is 127. The lowest BCUT2D eigenvalue weighted by molar-refractivity contribution is 0.0971. The van der Waals surface area contributed by atoms with Crippen LogP contribution in [0.1, 0.15) is 43.4 Å². The molecular formula is C16H17IN2OS. The molecule has 3 nitrogen and oxygen atoms in total. The van der Waals surface area contributed by atoms with Crippen molar-refractivity contribution in [1.29, 1.82) is 5.41 Å². The van der Waals surface area contributed by atoms with Gasteiger partial charge in [0.2, 0.25) is 0 Å². The lowest BCUT2D eigenvalue weighted by Gasteiger charge is -2.18. The molecule has 1 aliphatic carbocycles. The van der Waals surface area contributed by atoms with E-state index in [9.17, 15) is 4.79 Å². The molecule has 1 N–H and O–H groups in total. The van der Waals surface area contributed by atoms with Gasteiger partial charge in [0.15, 0.2) is 14.6 Å². The van der Waals surface area contributed by atoms with Crippen molar-refractivity contribution in [3.63, 3.8) is 0 Å². The van der Waals surface area contributed by atoms with Gasteiger partial charge in [-0.25, -0.2) is 0 Å². The maximum atomic E-state index is 12.7. The number of nitrogens with one attached hydrogen (secondary N) is 1. The summed E-state index contributed by atoms with van der Waals surface area (Å²) in [6.45, 7) is 2.02. The number of hydrogen-bond acceptors (Lipinski definition) is 3. The number of carbonyl (C=O) groups is 1. The van der Waals surface area contributed by atoms with Crippen molar-refractivity contribution in [2.45, 2.75) is 36.7 Å². The van der Waals surface area contributed by atoms with E-state index < -0.39 is 0 Å². The van der Waals surface area contributed by atoms with E-state index in [4.69, 9.17) is 5.41 Å². The van der Waals surface area contributed by atoms with Crippen LogP contribution in [0.2, 0.25) is 0 Å². The first kappa shape index (κ1) is 15.0. The second kappa shape index (κ2) is 6.04. The van der Waals surface area contributed by atoms with Crippen LogP contribution in [0.15, 0.2) is 24.3 Å². The third kappa shape index (κ3) is 2.85. The maximum absolute atomic E-state index is 12.7. The summed E-state index contributed by atoms with van der Waals surface area (Å²) in [7, 11) is 0. The van der Waals surface area contributed by atoms with Gasteiger partial charge >= 0.3 is 0 Å². The van der Waals surface area contributed by atoms with Crippen LogP contribution in [0.5, 0.6) is 0 Å². The summed E-state index contributed by atoms with van der Waals surface area (Å²) in [6, 6.07) is 7.69. The molecule has 2 aromatic rings. The van der Waals surface area contributed by atoms with Crippen molar-refractivity contribution in [3.05, 3.63) is 50.8 Å². The van der Waals surface area contributed by atoms with Gasteiger partial charge in [0.25, 0.3) is 0 Å². The highest BCUT2D eigenvalue weighted by molar-refractivity contribution is 14.1. The number of aromatic nitrogens is 1. The van der Waals surface area contributed by atoms with E-state index in [0.717, 1.165) is 30.4 Å². The Balaban J connectivity index is 1.97. The minimum atomic E-state index is -0.323. The van der Waals surface area contributed by atoms with Crippen molar-refractivity contribution >= 4 is 39.7 Å². The number of carbonyl (C=O) groups excluding carboxylic acids is 1. The highest BCUT2D eigenvalue weighted by Gasteiger charge is 2.25. The van der Waals surface area contributed by atoms with Crippen molar-refractivity contribution in [2.75, 3.05) is 0 Å². The topological polar surface area (TPSA) is 45.9 Å². The number of rotatable bonds is 3. The fourth-order valence-corrected chi connectivity index (χ4v) is 5.00. The molecule has 0 saturated heterocycles. The van der Waals surface area contributed by atoms with Gasteiger partial charge in [-0.1, -0.05) is 29.8 Å². The van der Waals surface area contributed by atoms with Crippen LogP contribution in [-0.4, -0.2) is 10.4 Å². The third-order valence-electron chi connectivity index (χ3n) is 3.90. The van der Waals surface area contributed by atoms with Crippen LogP contribution in [-0.2, 0) is 12.8 Å². The molecule has 0 spiro atoms. The summed E-state index contributed by atoms with van der Waals surface area (Å²) < 4.78 is 1.61. The van der Waals surface area contributed by atoms with E-state index in [-0.39, 0.29) is 9.83 Å². The van der Waals surface area contributed by atoms with Crippen molar-refractivity contribution in [3.8, 4) is 0 Å². The monoisotopic (exact) mass is 412 g/mol. The Morgan fingerprint density at radius 2 is 1.95 bits per heavy atom. The van der Waals surface area contributed by atoms with Crippen molar-refractivity contribution in [1.82, 2.24) is 4.57 Å². The molecule has 0 fully saturated rings. The number of hydrogen-bond donors (Lipinski definition) is 1. The number of benzene rings is 1. The number of ketones is 1.